The zero-order valence-electron chi connectivity index (χ0n) is 5.57. The number of rotatable bonds is 0. The second kappa shape index (κ2) is 18.4. The Bertz CT molecular complexity index is 37.1. The molecule has 0 aromatic rings. The normalized spacial score (nSPS) is 6.00. The van der Waals surface area contributed by atoms with Gasteiger partial charge in [-0.3, -0.25) is 0 Å². The summed E-state index contributed by atoms with van der Waals surface area (Å²) < 4.78 is 0. The Kier molecular flexibility index (Phi) is 68.7. The third-order valence-electron chi connectivity index (χ3n) is 0. The van der Waals surface area contributed by atoms with E-state index in [0.29, 0.717) is 0 Å². The molecular formula is HAlCaMgNaO5Si+3. The summed E-state index contributed by atoms with van der Waals surface area (Å²) >= 11 is 0. The Morgan fingerprint density at radius 3 is 0.900 bits per heavy atom. The van der Waals surface area contributed by atoms with E-state index in [4.69, 9.17) is 19.2 Å². The monoisotopic (exact) mass is 223 g/mol. The van der Waals surface area contributed by atoms with Gasteiger partial charge >= 0.3 is 108 Å². The second-order valence-corrected chi connectivity index (χ2v) is 1.50. The maximum atomic E-state index is 8.58. The van der Waals surface area contributed by atoms with Crippen LogP contribution in [0.4, 0.5) is 0 Å². The van der Waals surface area contributed by atoms with Crippen LogP contribution in [0.15, 0.2) is 0 Å². The molecule has 0 saturated carbocycles. The van der Waals surface area contributed by atoms with E-state index < -0.39 is 9.05 Å². The van der Waals surface area contributed by atoms with Crippen molar-refractivity contribution < 1.29 is 54.2 Å². The van der Waals surface area contributed by atoms with Crippen molar-refractivity contribution in [3.05, 3.63) is 0 Å². The van der Waals surface area contributed by atoms with E-state index in [-0.39, 0.29) is 113 Å². The standard InChI is InChI=1S/Al.Ca.Mg.Na.O4Si.H2O/c;;;;1-5(2,3)4;/h;;;;;1H2/q+3;2*+2;+1;-4;/p-1. The van der Waals surface area contributed by atoms with Crippen molar-refractivity contribution >= 4 is 87.2 Å². The Labute approximate surface area is 139 Å². The molecule has 0 fully saturated rings. The molecule has 0 spiro atoms. The SMILES string of the molecule is [Al+3].[Ca+2].[Mg+2].[Na+].[O-][Si]([O-])([O-])[O-].[OH-]. The average Bonchev–Trinajstić information content (AvgIpc) is 0.722. The van der Waals surface area contributed by atoms with Crippen LogP contribution < -0.4 is 48.7 Å². The van der Waals surface area contributed by atoms with Gasteiger partial charge in [0.2, 0.25) is 0 Å². The van der Waals surface area contributed by atoms with Crippen molar-refractivity contribution in [2.45, 2.75) is 0 Å². The van der Waals surface area contributed by atoms with Crippen molar-refractivity contribution in [1.82, 2.24) is 0 Å². The van der Waals surface area contributed by atoms with Gasteiger partial charge in [-0.05, 0) is 0 Å². The molecule has 0 aliphatic heterocycles. The van der Waals surface area contributed by atoms with Crippen LogP contribution in [-0.4, -0.2) is 92.7 Å². The molecule has 0 aliphatic rings. The van der Waals surface area contributed by atoms with Crippen LogP contribution in [0.1, 0.15) is 0 Å². The molecule has 0 radical (unpaired) electrons. The van der Waals surface area contributed by atoms with E-state index >= 15 is 0 Å². The van der Waals surface area contributed by atoms with E-state index in [0.717, 1.165) is 0 Å². The molecular weight excluding hydrogens is 222 g/mol. The maximum absolute atomic E-state index is 8.58. The molecule has 0 aromatic carbocycles. The van der Waals surface area contributed by atoms with Gasteiger partial charge in [-0.1, -0.05) is 0 Å². The van der Waals surface area contributed by atoms with E-state index in [9.17, 15) is 0 Å². The van der Waals surface area contributed by atoms with Crippen molar-refractivity contribution in [3.8, 4) is 0 Å². The summed E-state index contributed by atoms with van der Waals surface area (Å²) in [6.45, 7) is 0. The zero-order valence-corrected chi connectivity index (χ0v) is 13.3. The minimum absolute atomic E-state index is 0. The van der Waals surface area contributed by atoms with Gasteiger partial charge in [0.25, 0.3) is 0 Å². The third-order valence-corrected chi connectivity index (χ3v) is 0. The first-order valence-electron chi connectivity index (χ1n) is 0.816. The van der Waals surface area contributed by atoms with Crippen molar-refractivity contribution in [2.24, 2.45) is 0 Å². The molecule has 1 N–H and O–H groups in total. The smallest absolute Gasteiger partial charge is 0.894 e. The van der Waals surface area contributed by atoms with Gasteiger partial charge in [-0.15, -0.1) is 0 Å². The molecule has 0 heterocycles. The van der Waals surface area contributed by atoms with Crippen LogP contribution >= 0.6 is 0 Å². The molecule has 40 valence electrons. The fourth-order valence-corrected chi connectivity index (χ4v) is 0. The molecule has 0 bridgehead atoms. The van der Waals surface area contributed by atoms with Crippen LogP contribution in [0.3, 0.4) is 0 Å². The van der Waals surface area contributed by atoms with Crippen LogP contribution in [0.2, 0.25) is 0 Å². The fraction of sp³-hybridized carbons (Fsp3) is 0. The van der Waals surface area contributed by atoms with Gasteiger partial charge < -0.3 is 33.7 Å². The largest absolute Gasteiger partial charge is 3.00 e. The van der Waals surface area contributed by atoms with Crippen molar-refractivity contribution in [2.75, 3.05) is 0 Å². The molecule has 0 aromatic heterocycles. The predicted molar refractivity (Wildman–Crippen MR) is 25.0 cm³/mol. The van der Waals surface area contributed by atoms with Crippen LogP contribution in [-0.2, 0) is 0 Å². The van der Waals surface area contributed by atoms with E-state index in [1.807, 2.05) is 0 Å². The first kappa shape index (κ1) is 37.4. The minimum atomic E-state index is -5.61. The first-order valence-corrected chi connectivity index (χ1v) is 2.45. The fourth-order valence-electron chi connectivity index (χ4n) is 0. The zero-order chi connectivity index (χ0) is 4.50. The van der Waals surface area contributed by atoms with Crippen LogP contribution in [0.5, 0.6) is 0 Å². The number of hydrogen-bond acceptors (Lipinski definition) is 5. The van der Waals surface area contributed by atoms with Crippen LogP contribution in [0, 0.1) is 0 Å². The molecule has 0 aliphatic carbocycles. The van der Waals surface area contributed by atoms with E-state index in [1.165, 1.54) is 0 Å². The molecule has 0 rings (SSSR count). The summed E-state index contributed by atoms with van der Waals surface area (Å²) in [5.41, 5.74) is 0. The van der Waals surface area contributed by atoms with E-state index in [2.05, 4.69) is 0 Å². The Morgan fingerprint density at radius 1 is 0.900 bits per heavy atom. The molecule has 10 heteroatoms. The van der Waals surface area contributed by atoms with Gasteiger partial charge in [-0.25, -0.2) is 0 Å². The van der Waals surface area contributed by atoms with Gasteiger partial charge in [0.05, 0.1) is 0 Å². The molecule has 0 unspecified atom stereocenters. The Hall–Kier alpha value is 3.58. The second-order valence-electron chi connectivity index (χ2n) is 0.500. The Balaban J connectivity index is -0.00000000800. The van der Waals surface area contributed by atoms with Crippen molar-refractivity contribution in [3.63, 3.8) is 0 Å². The quantitative estimate of drug-likeness (QED) is 0.377. The van der Waals surface area contributed by atoms with Gasteiger partial charge in [-0.2, -0.15) is 0 Å². The summed E-state index contributed by atoms with van der Waals surface area (Å²) in [4.78, 5) is 34.3. The predicted octanol–water partition coefficient (Wildman–Crippen LogP) is -9.45. The summed E-state index contributed by atoms with van der Waals surface area (Å²) in [7, 11) is -5.61. The number of hydrogen-bond donors (Lipinski definition) is 0. The molecule has 0 atom stereocenters. The minimum Gasteiger partial charge on any atom is -0.894 e. The average molecular weight is 223 g/mol. The van der Waals surface area contributed by atoms with E-state index in [1.54, 1.807) is 0 Å². The summed E-state index contributed by atoms with van der Waals surface area (Å²) in [6.07, 6.45) is 0. The third kappa shape index (κ3) is 101. The summed E-state index contributed by atoms with van der Waals surface area (Å²) in [5, 5.41) is 0. The summed E-state index contributed by atoms with van der Waals surface area (Å²) in [5.74, 6) is 0. The first-order chi connectivity index (χ1) is 2.00. The van der Waals surface area contributed by atoms with Gasteiger partial charge in [0.15, 0.2) is 0 Å². The Morgan fingerprint density at radius 2 is 0.900 bits per heavy atom. The molecule has 0 amide bonds. The van der Waals surface area contributed by atoms with Gasteiger partial charge in [0.1, 0.15) is 0 Å². The maximum Gasteiger partial charge on any atom is 3.00 e. The topological polar surface area (TPSA) is 122 Å². The van der Waals surface area contributed by atoms with Crippen molar-refractivity contribution in [1.29, 1.82) is 0 Å². The molecule has 10 heavy (non-hydrogen) atoms. The molecule has 0 saturated heterocycles. The van der Waals surface area contributed by atoms with Crippen LogP contribution in [0.25, 0.3) is 0 Å². The molecule has 5 nitrogen and oxygen atoms in total. The van der Waals surface area contributed by atoms with Gasteiger partial charge in [0, 0.05) is 0 Å². The summed E-state index contributed by atoms with van der Waals surface area (Å²) in [6, 6.07) is 0.